The highest BCUT2D eigenvalue weighted by Gasteiger charge is 2.15. The van der Waals surface area contributed by atoms with Crippen LogP contribution in [0.3, 0.4) is 0 Å². The minimum Gasteiger partial charge on any atom is -0.478 e. The normalized spacial score (nSPS) is 10.1. The van der Waals surface area contributed by atoms with Gasteiger partial charge < -0.3 is 15.7 Å². The van der Waals surface area contributed by atoms with Gasteiger partial charge in [-0.15, -0.1) is 0 Å². The summed E-state index contributed by atoms with van der Waals surface area (Å²) in [6.07, 6.45) is 0.523. The first kappa shape index (κ1) is 16.3. The molecule has 3 aromatic carbocycles. The molecule has 0 radical (unpaired) electrons. The van der Waals surface area contributed by atoms with E-state index in [1.54, 1.807) is 12.1 Å². The summed E-state index contributed by atoms with van der Waals surface area (Å²) >= 11 is 0. The molecule has 3 N–H and O–H groups in total. The van der Waals surface area contributed by atoms with Crippen LogP contribution in [-0.2, 0) is 4.79 Å². The number of nitrogens with one attached hydrogen (secondary N) is 2. The predicted octanol–water partition coefficient (Wildman–Crippen LogP) is 4.36. The number of benzene rings is 3. The van der Waals surface area contributed by atoms with Gasteiger partial charge in [0.25, 0.3) is 0 Å². The molecule has 124 valence electrons. The van der Waals surface area contributed by atoms with Crippen LogP contribution in [0.2, 0.25) is 0 Å². The second-order valence-electron chi connectivity index (χ2n) is 5.33. The zero-order valence-electron chi connectivity index (χ0n) is 13.3. The highest BCUT2D eigenvalue weighted by molar-refractivity contribution is 6.01. The highest BCUT2D eigenvalue weighted by Crippen LogP contribution is 2.34. The Kier molecular flexibility index (Phi) is 4.76. The van der Waals surface area contributed by atoms with Gasteiger partial charge >= 0.3 is 5.97 Å². The van der Waals surface area contributed by atoms with Crippen molar-refractivity contribution in [3.05, 3.63) is 78.4 Å². The van der Waals surface area contributed by atoms with Crippen molar-refractivity contribution in [2.24, 2.45) is 0 Å². The fourth-order valence-corrected chi connectivity index (χ4v) is 2.65. The molecule has 0 spiro atoms. The van der Waals surface area contributed by atoms with Crippen molar-refractivity contribution in [3.63, 3.8) is 0 Å². The van der Waals surface area contributed by atoms with E-state index in [4.69, 9.17) is 0 Å². The molecule has 0 saturated carbocycles. The molecule has 0 atom stereocenters. The minimum absolute atomic E-state index is 0.0784. The van der Waals surface area contributed by atoms with Gasteiger partial charge in [-0.1, -0.05) is 54.6 Å². The Bertz CT molecular complexity index is 908. The van der Waals surface area contributed by atoms with Crippen molar-refractivity contribution in [1.82, 2.24) is 0 Å². The molecule has 0 aliphatic carbocycles. The quantitative estimate of drug-likeness (QED) is 0.586. The van der Waals surface area contributed by atoms with Gasteiger partial charge in [0.05, 0.1) is 16.9 Å². The SMILES string of the molecule is O=CNc1cccc(C(=O)O)c1Nc1ccccc1-c1ccccc1. The monoisotopic (exact) mass is 332 g/mol. The number of amides is 1. The Labute approximate surface area is 144 Å². The van der Waals surface area contributed by atoms with E-state index in [1.165, 1.54) is 6.07 Å². The van der Waals surface area contributed by atoms with Gasteiger partial charge in [-0.25, -0.2) is 4.79 Å². The van der Waals surface area contributed by atoms with E-state index in [9.17, 15) is 14.7 Å². The van der Waals surface area contributed by atoms with E-state index in [0.29, 0.717) is 17.8 Å². The summed E-state index contributed by atoms with van der Waals surface area (Å²) in [7, 11) is 0. The predicted molar refractivity (Wildman–Crippen MR) is 98.2 cm³/mol. The molecule has 0 aliphatic rings. The number of rotatable bonds is 6. The lowest BCUT2D eigenvalue weighted by Gasteiger charge is -2.17. The van der Waals surface area contributed by atoms with E-state index in [2.05, 4.69) is 10.6 Å². The van der Waals surface area contributed by atoms with Crippen molar-refractivity contribution in [2.45, 2.75) is 0 Å². The topological polar surface area (TPSA) is 78.4 Å². The molecule has 0 bridgehead atoms. The summed E-state index contributed by atoms with van der Waals surface area (Å²) < 4.78 is 0. The summed E-state index contributed by atoms with van der Waals surface area (Å²) in [6.45, 7) is 0. The Hall–Kier alpha value is -3.60. The number of carboxylic acid groups (broad SMARTS) is 1. The molecule has 0 fully saturated rings. The molecule has 0 saturated heterocycles. The second kappa shape index (κ2) is 7.31. The molecule has 0 aliphatic heterocycles. The number of carbonyl (C=O) groups is 2. The standard InChI is InChI=1S/C20H16N2O3/c23-13-21-18-12-6-10-16(20(24)25)19(18)22-17-11-5-4-9-15(17)14-7-2-1-3-8-14/h1-13,22H,(H,21,23)(H,24,25). The van der Waals surface area contributed by atoms with Crippen molar-refractivity contribution in [1.29, 1.82) is 0 Å². The first-order valence-electron chi connectivity index (χ1n) is 7.68. The maximum atomic E-state index is 11.6. The van der Waals surface area contributed by atoms with E-state index >= 15 is 0 Å². The van der Waals surface area contributed by atoms with Crippen molar-refractivity contribution >= 4 is 29.4 Å². The molecule has 25 heavy (non-hydrogen) atoms. The lowest BCUT2D eigenvalue weighted by atomic mass is 10.0. The van der Waals surface area contributed by atoms with Gasteiger partial charge in [0.15, 0.2) is 0 Å². The largest absolute Gasteiger partial charge is 0.478 e. The maximum absolute atomic E-state index is 11.6. The summed E-state index contributed by atoms with van der Waals surface area (Å²) in [5.74, 6) is -1.07. The van der Waals surface area contributed by atoms with Crippen LogP contribution in [-0.4, -0.2) is 17.5 Å². The fourth-order valence-electron chi connectivity index (χ4n) is 2.65. The molecule has 3 rings (SSSR count). The molecule has 3 aromatic rings. The molecule has 0 aromatic heterocycles. The van der Waals surface area contributed by atoms with E-state index in [1.807, 2.05) is 54.6 Å². The molecule has 5 heteroatoms. The summed E-state index contributed by atoms with van der Waals surface area (Å²) in [5.41, 5.74) is 3.50. The van der Waals surface area contributed by atoms with Crippen molar-refractivity contribution in [2.75, 3.05) is 10.6 Å². The third-order valence-electron chi connectivity index (χ3n) is 3.78. The number of hydrogen-bond donors (Lipinski definition) is 3. The smallest absolute Gasteiger partial charge is 0.337 e. The lowest BCUT2D eigenvalue weighted by molar-refractivity contribution is -0.105. The Morgan fingerprint density at radius 2 is 1.52 bits per heavy atom. The fraction of sp³-hybridized carbons (Fsp3) is 0. The van der Waals surface area contributed by atoms with Crippen LogP contribution in [0.5, 0.6) is 0 Å². The lowest BCUT2D eigenvalue weighted by Crippen LogP contribution is -2.07. The van der Waals surface area contributed by atoms with E-state index < -0.39 is 5.97 Å². The van der Waals surface area contributed by atoms with Crippen LogP contribution < -0.4 is 10.6 Å². The second-order valence-corrected chi connectivity index (χ2v) is 5.33. The van der Waals surface area contributed by atoms with Gasteiger partial charge in [-0.3, -0.25) is 4.79 Å². The van der Waals surface area contributed by atoms with Crippen LogP contribution in [0.1, 0.15) is 10.4 Å². The zero-order chi connectivity index (χ0) is 17.6. The van der Waals surface area contributed by atoms with Crippen molar-refractivity contribution in [3.8, 4) is 11.1 Å². The van der Waals surface area contributed by atoms with E-state index in [0.717, 1.165) is 16.8 Å². The molecule has 1 amide bonds. The first-order valence-corrected chi connectivity index (χ1v) is 7.68. The molecular formula is C20H16N2O3. The number of anilines is 3. The molecular weight excluding hydrogens is 316 g/mol. The minimum atomic E-state index is -1.07. The number of carboxylic acids is 1. The van der Waals surface area contributed by atoms with Gasteiger partial charge in [0.1, 0.15) is 0 Å². The molecule has 5 nitrogen and oxygen atoms in total. The first-order chi connectivity index (χ1) is 12.2. The summed E-state index contributed by atoms with van der Waals surface area (Å²) in [6, 6.07) is 22.1. The Morgan fingerprint density at radius 3 is 2.24 bits per heavy atom. The van der Waals surface area contributed by atoms with Gasteiger partial charge in [-0.2, -0.15) is 0 Å². The van der Waals surface area contributed by atoms with Crippen LogP contribution in [0.25, 0.3) is 11.1 Å². The summed E-state index contributed by atoms with van der Waals surface area (Å²) in [4.78, 5) is 22.4. The third kappa shape index (κ3) is 3.50. The maximum Gasteiger partial charge on any atom is 0.337 e. The Balaban J connectivity index is 2.10. The average Bonchev–Trinajstić information content (AvgIpc) is 2.64. The number of carbonyl (C=O) groups excluding carboxylic acids is 1. The van der Waals surface area contributed by atoms with Gasteiger partial charge in [-0.05, 0) is 23.8 Å². The van der Waals surface area contributed by atoms with Crippen LogP contribution in [0.15, 0.2) is 72.8 Å². The van der Waals surface area contributed by atoms with Gasteiger partial charge in [0.2, 0.25) is 6.41 Å². The van der Waals surface area contributed by atoms with Gasteiger partial charge in [0, 0.05) is 11.3 Å². The highest BCUT2D eigenvalue weighted by atomic mass is 16.4. The van der Waals surface area contributed by atoms with Crippen LogP contribution in [0.4, 0.5) is 17.1 Å². The van der Waals surface area contributed by atoms with Crippen molar-refractivity contribution < 1.29 is 14.7 Å². The van der Waals surface area contributed by atoms with Crippen LogP contribution in [0, 0.1) is 0 Å². The third-order valence-corrected chi connectivity index (χ3v) is 3.78. The number of aromatic carboxylic acids is 1. The van der Waals surface area contributed by atoms with Crippen LogP contribution >= 0.6 is 0 Å². The van der Waals surface area contributed by atoms with E-state index in [-0.39, 0.29) is 5.56 Å². The zero-order valence-corrected chi connectivity index (χ0v) is 13.3. The summed E-state index contributed by atoms with van der Waals surface area (Å²) in [5, 5.41) is 15.2. The number of hydrogen-bond acceptors (Lipinski definition) is 3. The molecule has 0 unspecified atom stereocenters. The Morgan fingerprint density at radius 1 is 0.840 bits per heavy atom. The molecule has 0 heterocycles. The number of para-hydroxylation sites is 2. The average molecular weight is 332 g/mol.